The van der Waals surface area contributed by atoms with E-state index in [1.807, 2.05) is 91.0 Å². The summed E-state index contributed by atoms with van der Waals surface area (Å²) in [6.45, 7) is 3.28. The topological polar surface area (TPSA) is 118 Å². The van der Waals surface area contributed by atoms with E-state index in [4.69, 9.17) is 23.7 Å². The average molecular weight is 549 g/mol. The van der Waals surface area contributed by atoms with Gasteiger partial charge in [-0.1, -0.05) is 91.0 Å². The van der Waals surface area contributed by atoms with Gasteiger partial charge in [0.25, 0.3) is 0 Å². The Hall–Kier alpha value is -4.05. The van der Waals surface area contributed by atoms with Crippen LogP contribution in [0.3, 0.4) is 0 Å². The smallest absolute Gasteiger partial charge is 0.303 e. The summed E-state index contributed by atoms with van der Waals surface area (Å²) in [5.74, 6) is -1.99. The van der Waals surface area contributed by atoms with Gasteiger partial charge in [-0.05, 0) is 16.7 Å². The number of hydrogen-bond donors (Lipinski definition) is 1. The molecule has 1 aliphatic rings. The lowest BCUT2D eigenvalue weighted by Gasteiger charge is -2.47. The first kappa shape index (κ1) is 28.9. The molecule has 1 heterocycles. The molecule has 1 saturated heterocycles. The van der Waals surface area contributed by atoms with Crippen molar-refractivity contribution < 1.29 is 43.2 Å². The molecule has 40 heavy (non-hydrogen) atoms. The minimum absolute atomic E-state index is 0.323. The molecule has 0 radical (unpaired) electrons. The molecule has 1 aliphatic heterocycles. The van der Waals surface area contributed by atoms with Crippen molar-refractivity contribution >= 4 is 17.9 Å². The zero-order valence-electron chi connectivity index (χ0n) is 22.5. The highest BCUT2D eigenvalue weighted by Gasteiger charge is 2.54. The lowest BCUT2D eigenvalue weighted by atomic mass is 9.79. The summed E-state index contributed by atoms with van der Waals surface area (Å²) in [5, 5.41) is 10.8. The van der Waals surface area contributed by atoms with E-state index in [2.05, 4.69) is 0 Å². The van der Waals surface area contributed by atoms with Gasteiger partial charge in [0.2, 0.25) is 0 Å². The molecule has 9 heteroatoms. The maximum Gasteiger partial charge on any atom is 0.303 e. The molecule has 0 aliphatic carbocycles. The fraction of sp³-hybridized carbons (Fsp3) is 0.323. The van der Waals surface area contributed by atoms with Crippen molar-refractivity contribution in [3.63, 3.8) is 0 Å². The van der Waals surface area contributed by atoms with Crippen LogP contribution in [0.4, 0.5) is 0 Å². The number of ether oxygens (including phenoxy) is 5. The summed E-state index contributed by atoms with van der Waals surface area (Å²) < 4.78 is 29.2. The van der Waals surface area contributed by atoms with Gasteiger partial charge in [0.15, 0.2) is 18.5 Å². The number of carbonyl (C=O) groups excluding carboxylic acids is 3. The molecule has 0 saturated carbocycles. The van der Waals surface area contributed by atoms with Crippen molar-refractivity contribution in [1.82, 2.24) is 0 Å². The second kappa shape index (κ2) is 12.9. The van der Waals surface area contributed by atoms with Crippen LogP contribution in [0.15, 0.2) is 91.0 Å². The SMILES string of the molecule is CC(=O)OC[C@H]1O[C@H](O)[C@H](OC(C)=O)[C@@H](OC(C)=O)[C@@H]1OC(c1ccccc1)(c1ccccc1)c1ccccc1. The van der Waals surface area contributed by atoms with E-state index in [-0.39, 0.29) is 6.61 Å². The van der Waals surface area contributed by atoms with Crippen LogP contribution in [0.25, 0.3) is 0 Å². The molecular formula is C31H32O9. The first-order valence-corrected chi connectivity index (χ1v) is 12.9. The van der Waals surface area contributed by atoms with Crippen LogP contribution in [-0.4, -0.2) is 60.3 Å². The van der Waals surface area contributed by atoms with E-state index in [9.17, 15) is 19.5 Å². The van der Waals surface area contributed by atoms with Gasteiger partial charge in [0.05, 0.1) is 0 Å². The summed E-state index contributed by atoms with van der Waals surface area (Å²) in [7, 11) is 0. The van der Waals surface area contributed by atoms with Gasteiger partial charge in [0.1, 0.15) is 24.4 Å². The summed E-state index contributed by atoms with van der Waals surface area (Å²) in [6, 6.07) is 28.3. The number of esters is 3. The highest BCUT2D eigenvalue weighted by atomic mass is 16.7. The molecule has 0 aromatic heterocycles. The molecule has 1 N–H and O–H groups in total. The number of aliphatic hydroxyl groups is 1. The van der Waals surface area contributed by atoms with E-state index in [1.165, 1.54) is 20.8 Å². The number of aliphatic hydroxyl groups excluding tert-OH is 1. The quantitative estimate of drug-likeness (QED) is 0.244. The third-order valence-electron chi connectivity index (χ3n) is 6.52. The van der Waals surface area contributed by atoms with E-state index >= 15 is 0 Å². The first-order valence-electron chi connectivity index (χ1n) is 12.9. The highest BCUT2D eigenvalue weighted by Crippen LogP contribution is 2.44. The Bertz CT molecular complexity index is 1180. The van der Waals surface area contributed by atoms with Crippen LogP contribution in [0, 0.1) is 0 Å². The molecule has 5 atom stereocenters. The maximum absolute atomic E-state index is 12.3. The van der Waals surface area contributed by atoms with Gasteiger partial charge in [-0.3, -0.25) is 14.4 Å². The Balaban J connectivity index is 1.95. The molecule has 0 unspecified atom stereocenters. The molecule has 4 rings (SSSR count). The predicted molar refractivity (Wildman–Crippen MR) is 143 cm³/mol. The predicted octanol–water partition coefficient (Wildman–Crippen LogP) is 3.51. The number of rotatable bonds is 9. The second-order valence-electron chi connectivity index (χ2n) is 9.38. The number of hydrogen-bond acceptors (Lipinski definition) is 9. The fourth-order valence-electron chi connectivity index (χ4n) is 4.94. The molecule has 0 amide bonds. The lowest BCUT2D eigenvalue weighted by Crippen LogP contribution is -2.63. The minimum atomic E-state index is -1.69. The van der Waals surface area contributed by atoms with Crippen molar-refractivity contribution in [2.24, 2.45) is 0 Å². The van der Waals surface area contributed by atoms with Crippen LogP contribution in [0.5, 0.6) is 0 Å². The van der Waals surface area contributed by atoms with Crippen LogP contribution in [-0.2, 0) is 43.7 Å². The van der Waals surface area contributed by atoms with Crippen molar-refractivity contribution in [1.29, 1.82) is 0 Å². The number of carbonyl (C=O) groups is 3. The largest absolute Gasteiger partial charge is 0.463 e. The van der Waals surface area contributed by atoms with E-state index in [1.54, 1.807) is 0 Å². The zero-order valence-corrected chi connectivity index (χ0v) is 22.5. The van der Waals surface area contributed by atoms with E-state index in [0.717, 1.165) is 16.7 Å². The van der Waals surface area contributed by atoms with Gasteiger partial charge < -0.3 is 28.8 Å². The molecule has 210 valence electrons. The molecule has 1 fully saturated rings. The zero-order chi connectivity index (χ0) is 28.7. The van der Waals surface area contributed by atoms with Crippen LogP contribution in [0.2, 0.25) is 0 Å². The Morgan fingerprint density at radius 1 is 0.675 bits per heavy atom. The number of benzene rings is 3. The molecule has 3 aromatic rings. The Kier molecular flexibility index (Phi) is 9.31. The van der Waals surface area contributed by atoms with Gasteiger partial charge >= 0.3 is 17.9 Å². The molecule has 9 nitrogen and oxygen atoms in total. The molecule has 0 spiro atoms. The fourth-order valence-corrected chi connectivity index (χ4v) is 4.94. The monoisotopic (exact) mass is 548 g/mol. The van der Waals surface area contributed by atoms with E-state index in [0.29, 0.717) is 0 Å². The van der Waals surface area contributed by atoms with Gasteiger partial charge in [0, 0.05) is 20.8 Å². The normalized spacial score (nSPS) is 22.6. The third-order valence-corrected chi connectivity index (χ3v) is 6.52. The molecule has 3 aromatic carbocycles. The highest BCUT2D eigenvalue weighted by molar-refractivity contribution is 5.67. The van der Waals surface area contributed by atoms with Crippen LogP contribution in [0.1, 0.15) is 37.5 Å². The molecular weight excluding hydrogens is 516 g/mol. The Morgan fingerprint density at radius 2 is 1.10 bits per heavy atom. The second-order valence-corrected chi connectivity index (χ2v) is 9.38. The maximum atomic E-state index is 12.3. The minimum Gasteiger partial charge on any atom is -0.463 e. The van der Waals surface area contributed by atoms with Crippen LogP contribution < -0.4 is 0 Å². The third kappa shape index (κ3) is 6.39. The average Bonchev–Trinajstić information content (AvgIpc) is 2.94. The van der Waals surface area contributed by atoms with E-state index < -0.39 is 54.2 Å². The standard InChI is InChI=1S/C31H32O9/c1-20(32)36-19-26-27(28(37-21(2)33)29(30(35)39-26)38-22(3)34)40-31(23-13-7-4-8-14-23,24-15-9-5-10-16-24)25-17-11-6-12-18-25/h4-18,26-30,35H,19H2,1-3H3/t26-,27-,28+,29-,30+/m1/s1. The first-order chi connectivity index (χ1) is 19.2. The van der Waals surface area contributed by atoms with Crippen molar-refractivity contribution in [2.75, 3.05) is 6.61 Å². The Labute approximate surface area is 232 Å². The lowest BCUT2D eigenvalue weighted by molar-refractivity contribution is -0.309. The van der Waals surface area contributed by atoms with Crippen molar-refractivity contribution in [3.05, 3.63) is 108 Å². The van der Waals surface area contributed by atoms with Crippen molar-refractivity contribution in [3.8, 4) is 0 Å². The summed E-state index contributed by atoms with van der Waals surface area (Å²) >= 11 is 0. The van der Waals surface area contributed by atoms with Gasteiger partial charge in [-0.15, -0.1) is 0 Å². The summed E-state index contributed by atoms with van der Waals surface area (Å²) in [6.07, 6.45) is -6.71. The van der Waals surface area contributed by atoms with Crippen LogP contribution >= 0.6 is 0 Å². The Morgan fingerprint density at radius 3 is 1.50 bits per heavy atom. The summed E-state index contributed by atoms with van der Waals surface area (Å²) in [5.41, 5.74) is 0.939. The summed E-state index contributed by atoms with van der Waals surface area (Å²) in [4.78, 5) is 36.1. The molecule has 0 bridgehead atoms. The van der Waals surface area contributed by atoms with Crippen molar-refractivity contribution in [2.45, 2.75) is 57.1 Å². The van der Waals surface area contributed by atoms with Gasteiger partial charge in [-0.25, -0.2) is 0 Å². The van der Waals surface area contributed by atoms with Gasteiger partial charge in [-0.2, -0.15) is 0 Å².